The third kappa shape index (κ3) is 3.12. The molecule has 0 radical (unpaired) electrons. The van der Waals surface area contributed by atoms with E-state index < -0.39 is 11.7 Å². The molecule has 1 saturated carbocycles. The lowest BCUT2D eigenvalue weighted by Gasteiger charge is -2.27. The van der Waals surface area contributed by atoms with Crippen LogP contribution >= 0.6 is 0 Å². The molecule has 0 atom stereocenters. The molecule has 0 heterocycles. The first kappa shape index (κ1) is 13.1. The van der Waals surface area contributed by atoms with E-state index in [4.69, 9.17) is 0 Å². The maximum atomic E-state index is 13.4. The highest BCUT2D eigenvalue weighted by Crippen LogP contribution is 2.36. The van der Waals surface area contributed by atoms with Crippen molar-refractivity contribution in [1.29, 1.82) is 0 Å². The van der Waals surface area contributed by atoms with Crippen LogP contribution in [-0.4, -0.2) is 11.7 Å². The summed E-state index contributed by atoms with van der Waals surface area (Å²) >= 11 is 0. The Morgan fingerprint density at radius 2 is 1.83 bits per heavy atom. The average Bonchev–Trinajstić information content (AvgIpc) is 2.32. The predicted molar refractivity (Wildman–Crippen MR) is 62.0 cm³/mol. The second kappa shape index (κ2) is 5.12. The molecule has 2 rings (SSSR count). The Morgan fingerprint density at radius 1 is 1.22 bits per heavy atom. The molecule has 0 amide bonds. The monoisotopic (exact) mass is 256 g/mol. The summed E-state index contributed by atoms with van der Waals surface area (Å²) in [4.78, 5) is 11.9. The lowest BCUT2D eigenvalue weighted by atomic mass is 9.82. The lowest BCUT2D eigenvalue weighted by Crippen LogP contribution is -2.29. The van der Waals surface area contributed by atoms with Crippen molar-refractivity contribution in [2.45, 2.75) is 38.0 Å². The van der Waals surface area contributed by atoms with Gasteiger partial charge in [-0.25, -0.2) is 13.2 Å². The van der Waals surface area contributed by atoms with Gasteiger partial charge in [0.1, 0.15) is 11.6 Å². The summed E-state index contributed by atoms with van der Waals surface area (Å²) in [6, 6.07) is 6.09. The van der Waals surface area contributed by atoms with Gasteiger partial charge in [-0.1, -0.05) is 18.2 Å². The van der Waals surface area contributed by atoms with Gasteiger partial charge in [-0.2, -0.15) is 0 Å². The highest BCUT2D eigenvalue weighted by atomic mass is 19.3. The SMILES string of the molecule is O=C(Cc1ccccc1F)C1CCC(F)(F)CC1. The van der Waals surface area contributed by atoms with E-state index in [1.54, 1.807) is 18.2 Å². The Balaban J connectivity index is 1.95. The summed E-state index contributed by atoms with van der Waals surface area (Å²) in [5, 5.41) is 0. The molecule has 0 N–H and O–H groups in total. The third-order valence-electron chi connectivity index (χ3n) is 3.49. The lowest BCUT2D eigenvalue weighted by molar-refractivity contribution is -0.126. The molecule has 4 heteroatoms. The summed E-state index contributed by atoms with van der Waals surface area (Å²) in [5.41, 5.74) is 0.347. The number of Topliss-reactive ketones (excluding diaryl/α,β-unsaturated/α-hetero) is 1. The van der Waals surface area contributed by atoms with E-state index in [-0.39, 0.29) is 43.8 Å². The van der Waals surface area contributed by atoms with Gasteiger partial charge in [0.05, 0.1) is 0 Å². The molecule has 0 spiro atoms. The topological polar surface area (TPSA) is 17.1 Å². The average molecular weight is 256 g/mol. The summed E-state index contributed by atoms with van der Waals surface area (Å²) in [5.74, 6) is -3.51. The van der Waals surface area contributed by atoms with Crippen molar-refractivity contribution >= 4 is 5.78 Å². The predicted octanol–water partition coefficient (Wildman–Crippen LogP) is 3.76. The second-order valence-electron chi connectivity index (χ2n) is 4.86. The van der Waals surface area contributed by atoms with Gasteiger partial charge in [0.25, 0.3) is 0 Å². The fraction of sp³-hybridized carbons (Fsp3) is 0.500. The van der Waals surface area contributed by atoms with Crippen LogP contribution in [0.25, 0.3) is 0 Å². The van der Waals surface area contributed by atoms with Crippen molar-refractivity contribution in [3.05, 3.63) is 35.6 Å². The van der Waals surface area contributed by atoms with Crippen LogP contribution in [0.15, 0.2) is 24.3 Å². The number of alkyl halides is 2. The Bertz CT molecular complexity index is 432. The summed E-state index contributed by atoms with van der Waals surface area (Å²) in [7, 11) is 0. The highest BCUT2D eigenvalue weighted by Gasteiger charge is 2.37. The van der Waals surface area contributed by atoms with E-state index >= 15 is 0 Å². The Morgan fingerprint density at radius 3 is 2.44 bits per heavy atom. The molecule has 1 nitrogen and oxygen atoms in total. The quantitative estimate of drug-likeness (QED) is 0.804. The number of halogens is 3. The van der Waals surface area contributed by atoms with E-state index in [1.165, 1.54) is 6.07 Å². The number of rotatable bonds is 3. The standard InChI is InChI=1S/C14H15F3O/c15-12-4-2-1-3-11(12)9-13(18)10-5-7-14(16,17)8-6-10/h1-4,10H,5-9H2. The van der Waals surface area contributed by atoms with Crippen LogP contribution in [0, 0.1) is 11.7 Å². The summed E-state index contributed by atoms with van der Waals surface area (Å²) in [6.07, 6.45) is -0.0508. The van der Waals surface area contributed by atoms with Crippen LogP contribution < -0.4 is 0 Å². The minimum absolute atomic E-state index is 0.00289. The van der Waals surface area contributed by atoms with Crippen molar-refractivity contribution in [2.75, 3.05) is 0 Å². The first-order valence-electron chi connectivity index (χ1n) is 6.12. The van der Waals surface area contributed by atoms with Gasteiger partial charge in [-0.05, 0) is 24.5 Å². The first-order valence-corrected chi connectivity index (χ1v) is 6.12. The first-order chi connectivity index (χ1) is 8.48. The van der Waals surface area contributed by atoms with Crippen molar-refractivity contribution in [1.82, 2.24) is 0 Å². The third-order valence-corrected chi connectivity index (χ3v) is 3.49. The van der Waals surface area contributed by atoms with Gasteiger partial charge in [0.15, 0.2) is 0 Å². The molecule has 1 aliphatic carbocycles. The molecular weight excluding hydrogens is 241 g/mol. The maximum Gasteiger partial charge on any atom is 0.248 e. The van der Waals surface area contributed by atoms with Crippen LogP contribution in [0.5, 0.6) is 0 Å². The summed E-state index contributed by atoms with van der Waals surface area (Å²) in [6.45, 7) is 0. The number of ketones is 1. The van der Waals surface area contributed by atoms with Crippen LogP contribution in [0.4, 0.5) is 13.2 Å². The number of carbonyl (C=O) groups is 1. The highest BCUT2D eigenvalue weighted by molar-refractivity contribution is 5.83. The Labute approximate surface area is 104 Å². The molecule has 0 saturated heterocycles. The van der Waals surface area contributed by atoms with Crippen LogP contribution in [0.3, 0.4) is 0 Å². The van der Waals surface area contributed by atoms with Gasteiger partial charge in [-0.3, -0.25) is 4.79 Å². The van der Waals surface area contributed by atoms with Gasteiger partial charge in [0.2, 0.25) is 5.92 Å². The minimum atomic E-state index is -2.63. The van der Waals surface area contributed by atoms with Crippen molar-refractivity contribution < 1.29 is 18.0 Å². The normalized spacial score (nSPS) is 19.7. The fourth-order valence-corrected chi connectivity index (χ4v) is 2.34. The molecule has 0 bridgehead atoms. The van der Waals surface area contributed by atoms with E-state index in [9.17, 15) is 18.0 Å². The van der Waals surface area contributed by atoms with E-state index in [0.29, 0.717) is 5.56 Å². The van der Waals surface area contributed by atoms with Gasteiger partial charge >= 0.3 is 0 Å². The molecule has 1 aromatic rings. The Hall–Kier alpha value is -1.32. The number of hydrogen-bond acceptors (Lipinski definition) is 1. The Kier molecular flexibility index (Phi) is 3.73. The number of benzene rings is 1. The van der Waals surface area contributed by atoms with Gasteiger partial charge in [0, 0.05) is 25.2 Å². The molecule has 18 heavy (non-hydrogen) atoms. The second-order valence-corrected chi connectivity index (χ2v) is 4.86. The molecule has 0 aliphatic heterocycles. The molecule has 1 aromatic carbocycles. The smallest absolute Gasteiger partial charge is 0.248 e. The van der Waals surface area contributed by atoms with Crippen LogP contribution in [0.2, 0.25) is 0 Å². The number of carbonyl (C=O) groups excluding carboxylic acids is 1. The van der Waals surface area contributed by atoms with E-state index in [1.807, 2.05) is 0 Å². The molecule has 98 valence electrons. The van der Waals surface area contributed by atoms with Gasteiger partial charge in [-0.15, -0.1) is 0 Å². The van der Waals surface area contributed by atoms with E-state index in [0.717, 1.165) is 0 Å². The van der Waals surface area contributed by atoms with Crippen molar-refractivity contribution in [3.8, 4) is 0 Å². The van der Waals surface area contributed by atoms with Crippen molar-refractivity contribution in [3.63, 3.8) is 0 Å². The molecule has 1 aliphatic rings. The van der Waals surface area contributed by atoms with E-state index in [2.05, 4.69) is 0 Å². The molecular formula is C14H15F3O. The van der Waals surface area contributed by atoms with Crippen LogP contribution in [-0.2, 0) is 11.2 Å². The zero-order valence-electron chi connectivity index (χ0n) is 9.96. The largest absolute Gasteiger partial charge is 0.299 e. The van der Waals surface area contributed by atoms with Gasteiger partial charge < -0.3 is 0 Å². The number of hydrogen-bond donors (Lipinski definition) is 0. The zero-order chi connectivity index (χ0) is 13.2. The zero-order valence-corrected chi connectivity index (χ0v) is 9.96. The molecule has 0 aromatic heterocycles. The van der Waals surface area contributed by atoms with Crippen molar-refractivity contribution in [2.24, 2.45) is 5.92 Å². The fourth-order valence-electron chi connectivity index (χ4n) is 2.34. The molecule has 1 fully saturated rings. The summed E-state index contributed by atoms with van der Waals surface area (Å²) < 4.78 is 39.3. The van der Waals surface area contributed by atoms with Crippen LogP contribution in [0.1, 0.15) is 31.2 Å². The minimum Gasteiger partial charge on any atom is -0.299 e. The molecule has 0 unspecified atom stereocenters. The maximum absolute atomic E-state index is 13.4.